The van der Waals surface area contributed by atoms with Gasteiger partial charge in [-0.15, -0.1) is 0 Å². The molecule has 0 radical (unpaired) electrons. The first-order valence-corrected chi connectivity index (χ1v) is 15.5. The Kier molecular flexibility index (Phi) is 6.55. The molecule has 4 heterocycles. The van der Waals surface area contributed by atoms with Crippen LogP contribution >= 0.6 is 11.3 Å². The minimum atomic E-state index is -0.537. The maximum atomic E-state index is 15.8. The van der Waals surface area contributed by atoms with E-state index in [9.17, 15) is 14.4 Å². The van der Waals surface area contributed by atoms with Gasteiger partial charge in [-0.05, 0) is 82.0 Å². The van der Waals surface area contributed by atoms with Crippen LogP contribution in [0.15, 0.2) is 36.4 Å². The molecule has 0 N–H and O–H groups in total. The van der Waals surface area contributed by atoms with Gasteiger partial charge in [0, 0.05) is 61.0 Å². The summed E-state index contributed by atoms with van der Waals surface area (Å²) in [4.78, 5) is 28.3. The molecule has 0 saturated carbocycles. The van der Waals surface area contributed by atoms with E-state index in [1.807, 2.05) is 38.8 Å². The Labute approximate surface area is 258 Å². The number of benzene rings is 2. The van der Waals surface area contributed by atoms with Crippen molar-refractivity contribution in [2.24, 2.45) is 5.41 Å². The first-order chi connectivity index (χ1) is 20.9. The topological polar surface area (TPSA) is 85.6 Å². The van der Waals surface area contributed by atoms with Crippen LogP contribution < -0.4 is 9.80 Å². The molecule has 8 nitrogen and oxygen atoms in total. The second kappa shape index (κ2) is 10.1. The fourth-order valence-corrected chi connectivity index (χ4v) is 7.49. The van der Waals surface area contributed by atoms with Gasteiger partial charge in [0.2, 0.25) is 0 Å². The summed E-state index contributed by atoms with van der Waals surface area (Å²) in [5.74, 6) is -0.738. The first-order valence-electron chi connectivity index (χ1n) is 14.7. The number of pyridine rings is 1. The number of hydrogen-bond acceptors (Lipinski definition) is 8. The quantitative estimate of drug-likeness (QED) is 0.249. The molecule has 44 heavy (non-hydrogen) atoms. The summed E-state index contributed by atoms with van der Waals surface area (Å²) in [5.41, 5.74) is 4.51. The Balaban J connectivity index is 1.21. The van der Waals surface area contributed by atoms with E-state index in [2.05, 4.69) is 11.0 Å². The summed E-state index contributed by atoms with van der Waals surface area (Å²) in [6.07, 6.45) is 2.23. The van der Waals surface area contributed by atoms with Crippen LogP contribution in [0.25, 0.3) is 22.2 Å². The second-order valence-electron chi connectivity index (χ2n) is 13.1. The average molecular weight is 615 g/mol. The van der Waals surface area contributed by atoms with Crippen LogP contribution in [0.2, 0.25) is 0 Å². The van der Waals surface area contributed by atoms with Gasteiger partial charge in [-0.1, -0.05) is 11.3 Å². The summed E-state index contributed by atoms with van der Waals surface area (Å²) >= 11 is 1.25. The number of ether oxygens (including phenoxy) is 1. The Bertz CT molecular complexity index is 1850. The third-order valence-electron chi connectivity index (χ3n) is 8.60. The maximum absolute atomic E-state index is 15.8. The predicted molar refractivity (Wildman–Crippen MR) is 166 cm³/mol. The standard InChI is InChI=1S/C33H32F2N6O2S/c1-32(2,3)43-31(42)41-17-33(18-41)15-40(16-33)21-12-23-28(24(35)13-21)37-25-7-5-6-22(25)29(23)39(4)30-38-27(26(14-36)44-30)19-8-10-20(34)11-9-19/h8-13H,5-7,15-18H2,1-4H3. The Hall–Kier alpha value is -4.30. The van der Waals surface area contributed by atoms with Crippen LogP contribution in [0.3, 0.4) is 0 Å². The van der Waals surface area contributed by atoms with Gasteiger partial charge in [-0.3, -0.25) is 0 Å². The number of halogens is 2. The number of fused-ring (bicyclic) bond motifs is 2. The SMILES string of the molecule is CN(c1nc(-c2ccc(F)cc2)c(C#N)s1)c1c2c(nc3c(F)cc(N4CC5(CN(C(=O)OC(C)(C)C)C5)C4)cc13)CCC2. The number of anilines is 3. The van der Waals surface area contributed by atoms with Gasteiger partial charge < -0.3 is 19.4 Å². The molecule has 4 aromatic rings. The minimum Gasteiger partial charge on any atom is -0.444 e. The molecule has 11 heteroatoms. The molecule has 2 fully saturated rings. The molecule has 2 aromatic carbocycles. The van der Waals surface area contributed by atoms with Crippen molar-refractivity contribution in [2.75, 3.05) is 43.0 Å². The molecular weight excluding hydrogens is 582 g/mol. The molecule has 2 saturated heterocycles. The van der Waals surface area contributed by atoms with Gasteiger partial charge >= 0.3 is 6.09 Å². The average Bonchev–Trinajstić information content (AvgIpc) is 3.57. The number of carbonyl (C=O) groups is 1. The van der Waals surface area contributed by atoms with Crippen LogP contribution in [0.1, 0.15) is 43.3 Å². The van der Waals surface area contributed by atoms with Crippen LogP contribution in [0.5, 0.6) is 0 Å². The van der Waals surface area contributed by atoms with Crippen molar-refractivity contribution in [2.45, 2.75) is 45.6 Å². The summed E-state index contributed by atoms with van der Waals surface area (Å²) in [7, 11) is 1.89. The zero-order valence-corrected chi connectivity index (χ0v) is 25.9. The number of nitriles is 1. The van der Waals surface area contributed by atoms with Gasteiger partial charge in [0.15, 0.2) is 10.9 Å². The molecule has 226 valence electrons. The molecule has 1 amide bonds. The number of likely N-dealkylation sites (tertiary alicyclic amines) is 1. The lowest BCUT2D eigenvalue weighted by Gasteiger charge is -2.60. The monoisotopic (exact) mass is 614 g/mol. The molecule has 2 aromatic heterocycles. The fraction of sp³-hybridized carbons (Fsp3) is 0.394. The molecular formula is C33H32F2N6O2S. The molecule has 1 aliphatic carbocycles. The third-order valence-corrected chi connectivity index (χ3v) is 9.64. The minimum absolute atomic E-state index is 0.0104. The van der Waals surface area contributed by atoms with E-state index in [-0.39, 0.29) is 23.1 Å². The summed E-state index contributed by atoms with van der Waals surface area (Å²) in [6, 6.07) is 11.7. The molecule has 3 aliphatic rings. The largest absolute Gasteiger partial charge is 0.444 e. The molecule has 2 aliphatic heterocycles. The van der Waals surface area contributed by atoms with Gasteiger partial charge in [-0.25, -0.2) is 23.5 Å². The highest BCUT2D eigenvalue weighted by Gasteiger charge is 2.54. The zero-order valence-electron chi connectivity index (χ0n) is 25.1. The van der Waals surface area contributed by atoms with Crippen LogP contribution in [0.4, 0.5) is 30.1 Å². The van der Waals surface area contributed by atoms with Gasteiger partial charge in [0.25, 0.3) is 0 Å². The number of nitrogens with zero attached hydrogens (tertiary/aromatic N) is 6. The first kappa shape index (κ1) is 28.5. The number of aromatic nitrogens is 2. The molecule has 0 unspecified atom stereocenters. The molecule has 7 rings (SSSR count). The van der Waals surface area contributed by atoms with Crippen molar-refractivity contribution in [1.82, 2.24) is 14.9 Å². The van der Waals surface area contributed by atoms with Gasteiger partial charge in [0.1, 0.15) is 33.6 Å². The Morgan fingerprint density at radius 2 is 1.82 bits per heavy atom. The number of thiazole rings is 1. The lowest BCUT2D eigenvalue weighted by atomic mass is 9.73. The van der Waals surface area contributed by atoms with Crippen molar-refractivity contribution in [3.8, 4) is 17.3 Å². The predicted octanol–water partition coefficient (Wildman–Crippen LogP) is 6.82. The lowest BCUT2D eigenvalue weighted by molar-refractivity contribution is -0.0453. The number of amides is 1. The highest BCUT2D eigenvalue weighted by Crippen LogP contribution is 2.46. The van der Waals surface area contributed by atoms with E-state index in [1.54, 1.807) is 23.1 Å². The summed E-state index contributed by atoms with van der Waals surface area (Å²) in [5, 5.41) is 11.2. The zero-order chi connectivity index (χ0) is 31.0. The third kappa shape index (κ3) is 4.81. The normalized spacial score (nSPS) is 16.8. The number of rotatable bonds is 4. The van der Waals surface area contributed by atoms with E-state index >= 15 is 4.39 Å². The van der Waals surface area contributed by atoms with Crippen LogP contribution in [-0.4, -0.2) is 59.8 Å². The van der Waals surface area contributed by atoms with Crippen molar-refractivity contribution in [3.63, 3.8) is 0 Å². The highest BCUT2D eigenvalue weighted by atomic mass is 32.1. The molecule has 0 bridgehead atoms. The maximum Gasteiger partial charge on any atom is 0.410 e. The van der Waals surface area contributed by atoms with Gasteiger partial charge in [0.05, 0.1) is 5.69 Å². The fourth-order valence-electron chi connectivity index (χ4n) is 6.64. The van der Waals surface area contributed by atoms with E-state index in [0.717, 1.165) is 55.0 Å². The smallest absolute Gasteiger partial charge is 0.410 e. The van der Waals surface area contributed by atoms with Crippen molar-refractivity contribution in [3.05, 3.63) is 64.2 Å². The van der Waals surface area contributed by atoms with E-state index in [4.69, 9.17) is 14.7 Å². The number of hydrogen-bond donors (Lipinski definition) is 0. The van der Waals surface area contributed by atoms with E-state index in [0.29, 0.717) is 45.3 Å². The summed E-state index contributed by atoms with van der Waals surface area (Å²) in [6.45, 7) is 8.27. The highest BCUT2D eigenvalue weighted by molar-refractivity contribution is 7.16. The second-order valence-corrected chi connectivity index (χ2v) is 14.1. The van der Waals surface area contributed by atoms with Crippen molar-refractivity contribution >= 4 is 44.8 Å². The number of carbonyl (C=O) groups excluding carboxylic acids is 1. The van der Waals surface area contributed by atoms with Crippen LogP contribution in [-0.2, 0) is 17.6 Å². The van der Waals surface area contributed by atoms with Gasteiger partial charge in [-0.2, -0.15) is 5.26 Å². The number of aryl methyl sites for hydroxylation is 1. The lowest BCUT2D eigenvalue weighted by Crippen LogP contribution is -2.73. The Morgan fingerprint density at radius 1 is 1.09 bits per heavy atom. The van der Waals surface area contributed by atoms with Crippen molar-refractivity contribution in [1.29, 1.82) is 5.26 Å². The molecule has 1 spiro atoms. The van der Waals surface area contributed by atoms with Crippen LogP contribution in [0, 0.1) is 28.4 Å². The Morgan fingerprint density at radius 3 is 2.50 bits per heavy atom. The van der Waals surface area contributed by atoms with E-state index in [1.165, 1.54) is 23.5 Å². The summed E-state index contributed by atoms with van der Waals surface area (Å²) < 4.78 is 34.9. The van der Waals surface area contributed by atoms with E-state index < -0.39 is 5.60 Å². The molecule has 0 atom stereocenters. The van der Waals surface area contributed by atoms with Crippen molar-refractivity contribution < 1.29 is 18.3 Å².